The summed E-state index contributed by atoms with van der Waals surface area (Å²) in [6.07, 6.45) is 0. The molecule has 0 aromatic heterocycles. The first-order valence-electron chi connectivity index (χ1n) is 15.1. The highest BCUT2D eigenvalue weighted by atomic mass is 19.1. The Hall–Kier alpha value is -5.06. The van der Waals surface area contributed by atoms with Crippen LogP contribution in [0.3, 0.4) is 0 Å². The first kappa shape index (κ1) is 28.4. The van der Waals surface area contributed by atoms with Crippen LogP contribution in [0.4, 0.5) is 20.2 Å². The molecule has 4 saturated heterocycles. The average molecular weight is 619 g/mol. The number of halogens is 2. The minimum atomic E-state index is -1.07. The zero-order chi connectivity index (χ0) is 32.0. The minimum absolute atomic E-state index is 0.120. The van der Waals surface area contributed by atoms with Gasteiger partial charge in [-0.05, 0) is 61.4 Å². The molecule has 0 unspecified atom stereocenters. The van der Waals surface area contributed by atoms with E-state index in [0.29, 0.717) is 11.1 Å². The van der Waals surface area contributed by atoms with Gasteiger partial charge in [0.2, 0.25) is 11.8 Å². The van der Waals surface area contributed by atoms with Gasteiger partial charge in [-0.2, -0.15) is 0 Å². The number of benzene rings is 4. The number of hydrazine groups is 1. The van der Waals surface area contributed by atoms with Gasteiger partial charge in [0, 0.05) is 0 Å². The Kier molecular flexibility index (Phi) is 6.32. The molecule has 4 fully saturated rings. The molecule has 4 aromatic rings. The number of nitrogens with zero attached hydrogens (tertiary/aromatic N) is 4. The minimum Gasteiger partial charge on any atom is -0.274 e. The summed E-state index contributed by atoms with van der Waals surface area (Å²) in [7, 11) is 0. The fourth-order valence-corrected chi connectivity index (χ4v) is 7.76. The van der Waals surface area contributed by atoms with Gasteiger partial charge in [-0.3, -0.25) is 19.2 Å². The Labute approximate surface area is 263 Å². The lowest BCUT2D eigenvalue weighted by atomic mass is 9.84. The summed E-state index contributed by atoms with van der Waals surface area (Å²) in [6, 6.07) is 22.0. The molecule has 4 aliphatic heterocycles. The van der Waals surface area contributed by atoms with E-state index in [1.165, 1.54) is 36.4 Å². The molecule has 8 nitrogen and oxygen atoms in total. The van der Waals surface area contributed by atoms with E-state index in [4.69, 9.17) is 0 Å². The maximum Gasteiger partial charge on any atom is 0.253 e. The van der Waals surface area contributed by atoms with Crippen LogP contribution in [0.15, 0.2) is 97.1 Å². The molecule has 4 heterocycles. The van der Waals surface area contributed by atoms with Crippen molar-refractivity contribution in [2.75, 3.05) is 9.80 Å². The van der Waals surface area contributed by atoms with Gasteiger partial charge in [-0.1, -0.05) is 71.8 Å². The van der Waals surface area contributed by atoms with Gasteiger partial charge in [-0.25, -0.2) is 28.6 Å². The summed E-state index contributed by atoms with van der Waals surface area (Å²) >= 11 is 0. The second-order valence-corrected chi connectivity index (χ2v) is 12.4. The Morgan fingerprint density at radius 3 is 1.20 bits per heavy atom. The van der Waals surface area contributed by atoms with Crippen molar-refractivity contribution in [3.05, 3.63) is 131 Å². The third kappa shape index (κ3) is 3.96. The predicted octanol–water partition coefficient (Wildman–Crippen LogP) is 5.03. The zero-order valence-corrected chi connectivity index (χ0v) is 24.9. The van der Waals surface area contributed by atoms with Gasteiger partial charge in [0.1, 0.15) is 23.7 Å². The van der Waals surface area contributed by atoms with E-state index in [-0.39, 0.29) is 11.4 Å². The Bertz CT molecular complexity index is 1810. The normalized spacial score (nSPS) is 27.5. The lowest BCUT2D eigenvalue weighted by Crippen LogP contribution is -2.50. The molecule has 4 aromatic carbocycles. The summed E-state index contributed by atoms with van der Waals surface area (Å²) in [4.78, 5) is 59.6. The Morgan fingerprint density at radius 1 is 0.478 bits per heavy atom. The largest absolute Gasteiger partial charge is 0.274 e. The van der Waals surface area contributed by atoms with E-state index in [2.05, 4.69) is 0 Å². The van der Waals surface area contributed by atoms with Gasteiger partial charge in [-0.15, -0.1) is 0 Å². The van der Waals surface area contributed by atoms with Crippen LogP contribution < -0.4 is 9.80 Å². The van der Waals surface area contributed by atoms with Crippen molar-refractivity contribution >= 4 is 35.0 Å². The van der Waals surface area contributed by atoms with Crippen LogP contribution in [0.5, 0.6) is 0 Å². The number of anilines is 2. The van der Waals surface area contributed by atoms with Gasteiger partial charge < -0.3 is 0 Å². The highest BCUT2D eigenvalue weighted by Crippen LogP contribution is 2.59. The summed E-state index contributed by atoms with van der Waals surface area (Å²) < 4.78 is 28.7. The van der Waals surface area contributed by atoms with Crippen LogP contribution in [-0.2, 0) is 19.2 Å². The topological polar surface area (TPSA) is 81.2 Å². The van der Waals surface area contributed by atoms with Gasteiger partial charge in [0.05, 0.1) is 35.3 Å². The summed E-state index contributed by atoms with van der Waals surface area (Å²) in [6.45, 7) is 3.86. The molecular weight excluding hydrogens is 590 g/mol. The standard InChI is InChI=1S/C36H28F2N4O4/c1-19-9-13-21(14-10-19)29-27-31(35(45)39(33(27)43)25-7-3-5-23(37)17-25)42-30(22-15-11-20(2)12-16-22)28-32(41(29)42)36(46)40(34(28)44)26-8-4-6-24(38)18-26/h3-18,27-32H,1-2H3/t27-,28+,29-,30-,31-,32-/m1/s1. The maximum atomic E-state index is 14.4. The molecule has 8 rings (SSSR count). The van der Waals surface area contributed by atoms with E-state index in [1.807, 2.05) is 62.4 Å². The molecule has 0 aliphatic carbocycles. The number of amides is 4. The lowest BCUT2D eigenvalue weighted by molar-refractivity contribution is -0.136. The summed E-state index contributed by atoms with van der Waals surface area (Å²) in [5.41, 5.74) is 3.58. The van der Waals surface area contributed by atoms with Gasteiger partial charge in [0.15, 0.2) is 0 Å². The molecule has 0 bridgehead atoms. The summed E-state index contributed by atoms with van der Waals surface area (Å²) in [5.74, 6) is -5.24. The van der Waals surface area contributed by atoms with Crippen molar-refractivity contribution in [2.45, 2.75) is 38.0 Å². The molecule has 4 aliphatic rings. The van der Waals surface area contributed by atoms with Crippen molar-refractivity contribution in [1.82, 2.24) is 10.0 Å². The molecule has 0 saturated carbocycles. The van der Waals surface area contributed by atoms with Crippen LogP contribution in [0.2, 0.25) is 0 Å². The lowest BCUT2D eigenvalue weighted by Gasteiger charge is -2.35. The molecule has 0 spiro atoms. The number of hydrogen-bond acceptors (Lipinski definition) is 6. The first-order valence-corrected chi connectivity index (χ1v) is 15.1. The van der Waals surface area contributed by atoms with Crippen molar-refractivity contribution in [1.29, 1.82) is 0 Å². The zero-order valence-electron chi connectivity index (χ0n) is 24.9. The molecule has 0 N–H and O–H groups in total. The molecule has 230 valence electrons. The van der Waals surface area contributed by atoms with Crippen molar-refractivity contribution < 1.29 is 28.0 Å². The van der Waals surface area contributed by atoms with E-state index < -0.39 is 71.3 Å². The number of fused-ring (bicyclic) bond motifs is 5. The quantitative estimate of drug-likeness (QED) is 0.299. The fourth-order valence-electron chi connectivity index (χ4n) is 7.76. The van der Waals surface area contributed by atoms with Crippen molar-refractivity contribution in [3.63, 3.8) is 0 Å². The molecular formula is C36H28F2N4O4. The number of carbonyl (C=O) groups excluding carboxylic acids is 4. The highest BCUT2D eigenvalue weighted by molar-refractivity contribution is 6.26. The first-order chi connectivity index (χ1) is 22.2. The molecule has 10 heteroatoms. The highest BCUT2D eigenvalue weighted by Gasteiger charge is 2.73. The van der Waals surface area contributed by atoms with Crippen LogP contribution in [0.25, 0.3) is 0 Å². The Morgan fingerprint density at radius 2 is 0.848 bits per heavy atom. The molecule has 0 radical (unpaired) electrons. The van der Waals surface area contributed by atoms with E-state index in [1.54, 1.807) is 10.0 Å². The third-order valence-corrected chi connectivity index (χ3v) is 9.70. The SMILES string of the molecule is Cc1ccc([C@@H]2[C@@H]3C(=O)N(c4cccc(F)c4)C(=O)[C@@H]3N3[C@H](c4ccc(C)cc4)[C@H]4C(=O)N(c5cccc(F)c5)C(=O)[C@@H]4N23)cc1. The van der Waals surface area contributed by atoms with Gasteiger partial charge >= 0.3 is 0 Å². The number of carbonyl (C=O) groups is 4. The number of aryl methyl sites for hydroxylation is 2. The average Bonchev–Trinajstić information content (AvgIpc) is 3.69. The summed E-state index contributed by atoms with van der Waals surface area (Å²) in [5, 5.41) is 3.51. The third-order valence-electron chi connectivity index (χ3n) is 9.70. The number of hydrogen-bond donors (Lipinski definition) is 0. The monoisotopic (exact) mass is 618 g/mol. The molecule has 4 amide bonds. The van der Waals surface area contributed by atoms with Gasteiger partial charge in [0.25, 0.3) is 11.8 Å². The van der Waals surface area contributed by atoms with Crippen LogP contribution in [0, 0.1) is 37.3 Å². The smallest absolute Gasteiger partial charge is 0.253 e. The predicted molar refractivity (Wildman–Crippen MR) is 164 cm³/mol. The van der Waals surface area contributed by atoms with E-state index in [0.717, 1.165) is 33.1 Å². The second-order valence-electron chi connectivity index (χ2n) is 12.4. The molecule has 6 atom stereocenters. The number of imide groups is 2. The Balaban J connectivity index is 1.33. The van der Waals surface area contributed by atoms with Crippen molar-refractivity contribution in [2.24, 2.45) is 11.8 Å². The maximum absolute atomic E-state index is 14.4. The van der Waals surface area contributed by atoms with Crippen LogP contribution in [0.1, 0.15) is 34.3 Å². The van der Waals surface area contributed by atoms with Crippen molar-refractivity contribution in [3.8, 4) is 0 Å². The second kappa shape index (κ2) is 10.2. The van der Waals surface area contributed by atoms with E-state index >= 15 is 0 Å². The van der Waals surface area contributed by atoms with Crippen LogP contribution in [-0.4, -0.2) is 45.7 Å². The van der Waals surface area contributed by atoms with E-state index in [9.17, 15) is 28.0 Å². The molecule has 46 heavy (non-hydrogen) atoms. The van der Waals surface area contributed by atoms with Crippen LogP contribution >= 0.6 is 0 Å². The fraction of sp³-hybridized carbons (Fsp3) is 0.222. The number of rotatable bonds is 4.